The van der Waals surface area contributed by atoms with Crippen molar-refractivity contribution >= 4 is 33.8 Å². The Bertz CT molecular complexity index is 205. The highest BCUT2D eigenvalue weighted by Gasteiger charge is 1.98. The minimum atomic E-state index is -0.125. The molecule has 0 spiro atoms. The molecule has 0 aliphatic heterocycles. The molecular weight excluding hydrogens is 248 g/mol. The molecule has 16 heavy (non-hydrogen) atoms. The second kappa shape index (κ2) is 14.4. The molecule has 0 aliphatic rings. The van der Waals surface area contributed by atoms with E-state index in [2.05, 4.69) is 13.2 Å². The molecule has 0 heterocycles. The highest BCUT2D eigenvalue weighted by molar-refractivity contribution is 8.17. The van der Waals surface area contributed by atoms with E-state index in [0.717, 1.165) is 23.5 Å². The summed E-state index contributed by atoms with van der Waals surface area (Å²) in [5.74, 6) is 1.27. The number of thioether (sulfide) groups is 2. The van der Waals surface area contributed by atoms with Crippen LogP contribution in [-0.4, -0.2) is 45.2 Å². The molecule has 6 heteroatoms. The molecule has 0 fully saturated rings. The maximum Gasteiger partial charge on any atom is 0.211 e. The lowest BCUT2D eigenvalue weighted by molar-refractivity contribution is -0.107. The molecule has 4 nitrogen and oxygen atoms in total. The molecule has 92 valence electrons. The van der Waals surface area contributed by atoms with E-state index < -0.39 is 0 Å². The van der Waals surface area contributed by atoms with Crippen LogP contribution in [0.5, 0.6) is 0 Å². The molecule has 0 saturated carbocycles. The lowest BCUT2D eigenvalue weighted by Gasteiger charge is -1.94. The van der Waals surface area contributed by atoms with E-state index in [4.69, 9.17) is 10.2 Å². The van der Waals surface area contributed by atoms with Crippen molar-refractivity contribution in [1.29, 1.82) is 0 Å². The Morgan fingerprint density at radius 3 is 1.44 bits per heavy atom. The van der Waals surface area contributed by atoms with Gasteiger partial charge in [0.05, 0.1) is 13.2 Å². The first kappa shape index (κ1) is 17.8. The molecule has 0 aromatic heterocycles. The largest absolute Gasteiger partial charge is 0.394 e. The van der Waals surface area contributed by atoms with Crippen LogP contribution >= 0.6 is 23.5 Å². The van der Waals surface area contributed by atoms with Gasteiger partial charge in [0.15, 0.2) is 0 Å². The SMILES string of the molecule is C=CC(=O)SCCSC(=O)C=C.OCCO. The monoisotopic (exact) mass is 264 g/mol. The summed E-state index contributed by atoms with van der Waals surface area (Å²) in [6.45, 7) is 6.41. The highest BCUT2D eigenvalue weighted by atomic mass is 32.2. The Morgan fingerprint density at radius 2 is 1.25 bits per heavy atom. The van der Waals surface area contributed by atoms with Crippen LogP contribution < -0.4 is 0 Å². The van der Waals surface area contributed by atoms with E-state index in [1.54, 1.807) is 0 Å². The van der Waals surface area contributed by atoms with Crippen molar-refractivity contribution < 1.29 is 19.8 Å². The van der Waals surface area contributed by atoms with Gasteiger partial charge in [-0.25, -0.2) is 0 Å². The number of aliphatic hydroxyl groups is 2. The standard InChI is InChI=1S/C8H10O2S2.C2H6O2/c1-3-7(9)11-5-6-12-8(10)4-2;3-1-2-4/h3-4H,1-2,5-6H2;3-4H,1-2H2. The van der Waals surface area contributed by atoms with Crippen molar-refractivity contribution in [2.75, 3.05) is 24.7 Å². The molecule has 0 aromatic rings. The quantitative estimate of drug-likeness (QED) is 0.547. The summed E-state index contributed by atoms with van der Waals surface area (Å²) >= 11 is 2.33. The molecule has 0 atom stereocenters. The third kappa shape index (κ3) is 15.9. The van der Waals surface area contributed by atoms with Gasteiger partial charge in [-0.1, -0.05) is 36.7 Å². The van der Waals surface area contributed by atoms with Gasteiger partial charge in [-0.05, 0) is 12.2 Å². The van der Waals surface area contributed by atoms with Gasteiger partial charge in [-0.3, -0.25) is 9.59 Å². The topological polar surface area (TPSA) is 74.6 Å². The first-order valence-electron chi connectivity index (χ1n) is 4.42. The fourth-order valence-corrected chi connectivity index (χ4v) is 1.71. The average molecular weight is 264 g/mol. The van der Waals surface area contributed by atoms with Crippen LogP contribution in [0.1, 0.15) is 0 Å². The lowest BCUT2D eigenvalue weighted by Crippen LogP contribution is -1.93. The zero-order valence-electron chi connectivity index (χ0n) is 8.92. The minimum absolute atomic E-state index is 0.0540. The van der Waals surface area contributed by atoms with Gasteiger partial charge in [0.1, 0.15) is 0 Å². The number of carbonyl (C=O) groups excluding carboxylic acids is 2. The van der Waals surface area contributed by atoms with Gasteiger partial charge in [0.2, 0.25) is 10.2 Å². The van der Waals surface area contributed by atoms with E-state index >= 15 is 0 Å². The van der Waals surface area contributed by atoms with Crippen LogP contribution in [-0.2, 0) is 9.59 Å². The van der Waals surface area contributed by atoms with E-state index in [-0.39, 0.29) is 23.4 Å². The Balaban J connectivity index is 0. The molecule has 0 radical (unpaired) electrons. The predicted molar refractivity (Wildman–Crippen MR) is 69.5 cm³/mol. The first-order chi connectivity index (χ1) is 7.62. The van der Waals surface area contributed by atoms with Crippen LogP contribution in [0, 0.1) is 0 Å². The summed E-state index contributed by atoms with van der Waals surface area (Å²) < 4.78 is 0. The summed E-state index contributed by atoms with van der Waals surface area (Å²) in [6.07, 6.45) is 2.54. The molecule has 0 aromatic carbocycles. The van der Waals surface area contributed by atoms with Crippen molar-refractivity contribution in [3.8, 4) is 0 Å². The Hall–Kier alpha value is -0.560. The van der Waals surface area contributed by atoms with Gasteiger partial charge < -0.3 is 10.2 Å². The van der Waals surface area contributed by atoms with Gasteiger partial charge in [0, 0.05) is 11.5 Å². The summed E-state index contributed by atoms with van der Waals surface area (Å²) in [5.41, 5.74) is 0. The van der Waals surface area contributed by atoms with Gasteiger partial charge in [-0.2, -0.15) is 0 Å². The second-order valence-corrected chi connectivity index (χ2v) is 4.39. The number of carbonyl (C=O) groups is 2. The number of aliphatic hydroxyl groups excluding tert-OH is 2. The second-order valence-electron chi connectivity index (χ2n) is 2.19. The highest BCUT2D eigenvalue weighted by Crippen LogP contribution is 2.09. The van der Waals surface area contributed by atoms with Crippen LogP contribution in [0.4, 0.5) is 0 Å². The fourth-order valence-electron chi connectivity index (χ4n) is 0.402. The number of hydrogen-bond acceptors (Lipinski definition) is 6. The Kier molecular flexibility index (Phi) is 16.1. The van der Waals surface area contributed by atoms with Gasteiger partial charge in [0.25, 0.3) is 0 Å². The van der Waals surface area contributed by atoms with Gasteiger partial charge >= 0.3 is 0 Å². The lowest BCUT2D eigenvalue weighted by atomic mass is 10.7. The van der Waals surface area contributed by atoms with Crippen molar-refractivity contribution in [3.05, 3.63) is 25.3 Å². The van der Waals surface area contributed by atoms with Crippen LogP contribution in [0.3, 0.4) is 0 Å². The third-order valence-corrected chi connectivity index (χ3v) is 2.98. The molecule has 0 unspecified atom stereocenters. The summed E-state index contributed by atoms with van der Waals surface area (Å²) in [5, 5.41) is 15.1. The Labute approximate surface area is 104 Å². The third-order valence-electron chi connectivity index (χ3n) is 1.01. The summed E-state index contributed by atoms with van der Waals surface area (Å²) in [7, 11) is 0. The van der Waals surface area contributed by atoms with Crippen molar-refractivity contribution in [1.82, 2.24) is 0 Å². The summed E-state index contributed by atoms with van der Waals surface area (Å²) in [6, 6.07) is 0. The van der Waals surface area contributed by atoms with Crippen LogP contribution in [0.2, 0.25) is 0 Å². The molecule has 0 amide bonds. The summed E-state index contributed by atoms with van der Waals surface area (Å²) in [4.78, 5) is 21.3. The van der Waals surface area contributed by atoms with Crippen molar-refractivity contribution in [2.45, 2.75) is 0 Å². The van der Waals surface area contributed by atoms with Crippen LogP contribution in [0.25, 0.3) is 0 Å². The van der Waals surface area contributed by atoms with E-state index in [1.807, 2.05) is 0 Å². The van der Waals surface area contributed by atoms with Crippen molar-refractivity contribution in [3.63, 3.8) is 0 Å². The van der Waals surface area contributed by atoms with Crippen molar-refractivity contribution in [2.24, 2.45) is 0 Å². The van der Waals surface area contributed by atoms with Gasteiger partial charge in [-0.15, -0.1) is 0 Å². The molecule has 0 aliphatic carbocycles. The maximum absolute atomic E-state index is 10.7. The molecule has 2 N–H and O–H groups in total. The molecule has 0 rings (SSSR count). The number of hydrogen-bond donors (Lipinski definition) is 2. The predicted octanol–water partition coefficient (Wildman–Crippen LogP) is 0.849. The van der Waals surface area contributed by atoms with Crippen LogP contribution in [0.15, 0.2) is 25.3 Å². The fraction of sp³-hybridized carbons (Fsp3) is 0.400. The number of rotatable bonds is 6. The smallest absolute Gasteiger partial charge is 0.211 e. The van der Waals surface area contributed by atoms with E-state index in [1.165, 1.54) is 12.2 Å². The minimum Gasteiger partial charge on any atom is -0.394 e. The zero-order valence-corrected chi connectivity index (χ0v) is 10.6. The maximum atomic E-state index is 10.7. The van der Waals surface area contributed by atoms with E-state index in [9.17, 15) is 9.59 Å². The Morgan fingerprint density at radius 1 is 0.938 bits per heavy atom. The molecular formula is C10H16O4S2. The average Bonchev–Trinajstić information content (AvgIpc) is 2.34. The first-order valence-corrected chi connectivity index (χ1v) is 6.39. The molecule has 0 bridgehead atoms. The zero-order chi connectivity index (χ0) is 12.8. The van der Waals surface area contributed by atoms with E-state index in [0.29, 0.717) is 11.5 Å². The normalized spacial score (nSPS) is 8.62. The molecule has 0 saturated heterocycles.